The summed E-state index contributed by atoms with van der Waals surface area (Å²) in [7, 11) is 1.44. The molecule has 3 rings (SSSR count). The molecule has 2 N–H and O–H groups in total. The zero-order valence-electron chi connectivity index (χ0n) is 16.2. The highest BCUT2D eigenvalue weighted by molar-refractivity contribution is 6.02. The van der Waals surface area contributed by atoms with Crippen molar-refractivity contribution >= 4 is 29.1 Å². The molecule has 3 amide bonds. The Labute approximate surface area is 172 Å². The largest absolute Gasteiger partial charge is 0.496 e. The lowest BCUT2D eigenvalue weighted by atomic mass is 10.1. The molecular weight excluding hydrogens is 392 g/mol. The van der Waals surface area contributed by atoms with Crippen LogP contribution in [0.2, 0.25) is 0 Å². The van der Waals surface area contributed by atoms with Crippen LogP contribution in [0.25, 0.3) is 0 Å². The molecule has 156 valence electrons. The molecule has 30 heavy (non-hydrogen) atoms. The molecule has 1 atom stereocenters. The standard InChI is InChI=1S/C20H20N4O6/c1-30-17-8-3-2-7-15(17)20(27)23-10-9-21-19(26)16(23)12-18(25)22-13-5-4-6-14(11-13)24(28)29/h2-8,11,16H,9-10,12H2,1H3,(H,21,26)(H,22,25)/t16-/m1/s1. The van der Waals surface area contributed by atoms with Crippen molar-refractivity contribution in [2.24, 2.45) is 0 Å². The number of carbonyl (C=O) groups is 3. The van der Waals surface area contributed by atoms with E-state index in [1.807, 2.05) is 0 Å². The number of methoxy groups -OCH3 is 1. The lowest BCUT2D eigenvalue weighted by Crippen LogP contribution is -2.58. The van der Waals surface area contributed by atoms with E-state index in [1.54, 1.807) is 24.3 Å². The first-order chi connectivity index (χ1) is 14.4. The third-order valence-corrected chi connectivity index (χ3v) is 4.65. The van der Waals surface area contributed by atoms with Gasteiger partial charge in [-0.3, -0.25) is 24.5 Å². The second-order valence-electron chi connectivity index (χ2n) is 6.57. The summed E-state index contributed by atoms with van der Waals surface area (Å²) < 4.78 is 5.23. The predicted molar refractivity (Wildman–Crippen MR) is 107 cm³/mol. The molecule has 10 heteroatoms. The molecule has 0 saturated carbocycles. The highest BCUT2D eigenvalue weighted by Crippen LogP contribution is 2.23. The van der Waals surface area contributed by atoms with Crippen molar-refractivity contribution in [3.05, 3.63) is 64.2 Å². The number of benzene rings is 2. The second-order valence-corrected chi connectivity index (χ2v) is 6.57. The Morgan fingerprint density at radius 1 is 1.27 bits per heavy atom. The highest BCUT2D eigenvalue weighted by atomic mass is 16.6. The van der Waals surface area contributed by atoms with Crippen LogP contribution in [0.5, 0.6) is 5.75 Å². The number of carbonyl (C=O) groups excluding carboxylic acids is 3. The van der Waals surface area contributed by atoms with Gasteiger partial charge in [0.2, 0.25) is 11.8 Å². The normalized spacial score (nSPS) is 15.8. The van der Waals surface area contributed by atoms with Crippen molar-refractivity contribution in [2.45, 2.75) is 12.5 Å². The number of piperazine rings is 1. The van der Waals surface area contributed by atoms with Crippen molar-refractivity contribution in [2.75, 3.05) is 25.5 Å². The maximum absolute atomic E-state index is 13.1. The molecule has 0 aromatic heterocycles. The number of rotatable bonds is 6. The minimum Gasteiger partial charge on any atom is -0.496 e. The second kappa shape index (κ2) is 9.03. The third kappa shape index (κ3) is 4.54. The zero-order valence-corrected chi connectivity index (χ0v) is 16.2. The van der Waals surface area contributed by atoms with Crippen molar-refractivity contribution in [3.8, 4) is 5.75 Å². The summed E-state index contributed by atoms with van der Waals surface area (Å²) in [6, 6.07) is 11.1. The van der Waals surface area contributed by atoms with E-state index in [0.717, 1.165) is 0 Å². The third-order valence-electron chi connectivity index (χ3n) is 4.65. The molecule has 0 radical (unpaired) electrons. The molecule has 10 nitrogen and oxygen atoms in total. The number of nitro benzene ring substituents is 1. The van der Waals surface area contributed by atoms with Crippen molar-refractivity contribution in [3.63, 3.8) is 0 Å². The minimum absolute atomic E-state index is 0.170. The lowest BCUT2D eigenvalue weighted by molar-refractivity contribution is -0.384. The number of ether oxygens (including phenoxy) is 1. The molecule has 0 aliphatic carbocycles. The fourth-order valence-corrected chi connectivity index (χ4v) is 3.22. The van der Waals surface area contributed by atoms with Crippen LogP contribution in [0.4, 0.5) is 11.4 Å². The van der Waals surface area contributed by atoms with Crippen LogP contribution in [0, 0.1) is 10.1 Å². The van der Waals surface area contributed by atoms with Gasteiger partial charge in [-0.2, -0.15) is 0 Å². The van der Waals surface area contributed by atoms with Gasteiger partial charge in [0.05, 0.1) is 24.0 Å². The van der Waals surface area contributed by atoms with Crippen LogP contribution in [-0.2, 0) is 9.59 Å². The first kappa shape index (κ1) is 20.8. The number of anilines is 1. The average Bonchev–Trinajstić information content (AvgIpc) is 2.74. The number of hydrogen-bond acceptors (Lipinski definition) is 6. The zero-order chi connectivity index (χ0) is 21.7. The molecule has 0 unspecified atom stereocenters. The number of nitro groups is 1. The number of amides is 3. The summed E-state index contributed by atoms with van der Waals surface area (Å²) in [5, 5.41) is 16.1. The smallest absolute Gasteiger partial charge is 0.271 e. The molecule has 1 aliphatic heterocycles. The van der Waals surface area contributed by atoms with E-state index in [1.165, 1.54) is 36.3 Å². The quantitative estimate of drug-likeness (QED) is 0.547. The van der Waals surface area contributed by atoms with Crippen molar-refractivity contribution in [1.29, 1.82) is 0 Å². The molecule has 2 aromatic rings. The van der Waals surface area contributed by atoms with Crippen LogP contribution < -0.4 is 15.4 Å². The van der Waals surface area contributed by atoms with Gasteiger partial charge in [-0.1, -0.05) is 18.2 Å². The summed E-state index contributed by atoms with van der Waals surface area (Å²) in [5.41, 5.74) is 0.350. The predicted octanol–water partition coefficient (Wildman–Crippen LogP) is 1.57. The lowest BCUT2D eigenvalue weighted by Gasteiger charge is -2.35. The van der Waals surface area contributed by atoms with E-state index in [0.29, 0.717) is 11.3 Å². The first-order valence-electron chi connectivity index (χ1n) is 9.16. The van der Waals surface area contributed by atoms with Gasteiger partial charge in [0.15, 0.2) is 0 Å². The topological polar surface area (TPSA) is 131 Å². The van der Waals surface area contributed by atoms with E-state index in [9.17, 15) is 24.5 Å². The molecule has 1 aliphatic rings. The van der Waals surface area contributed by atoms with E-state index in [2.05, 4.69) is 10.6 Å². The summed E-state index contributed by atoms with van der Waals surface area (Å²) in [4.78, 5) is 49.6. The summed E-state index contributed by atoms with van der Waals surface area (Å²) in [6.45, 7) is 0.500. The highest BCUT2D eigenvalue weighted by Gasteiger charge is 2.36. The van der Waals surface area contributed by atoms with E-state index < -0.39 is 28.7 Å². The molecule has 0 spiro atoms. The van der Waals surface area contributed by atoms with Crippen LogP contribution in [0.15, 0.2) is 48.5 Å². The fraction of sp³-hybridized carbons (Fsp3) is 0.250. The Hall–Kier alpha value is -3.95. The van der Waals surface area contributed by atoms with Gasteiger partial charge in [0.25, 0.3) is 11.6 Å². The van der Waals surface area contributed by atoms with Gasteiger partial charge < -0.3 is 20.3 Å². The Morgan fingerprint density at radius 2 is 2.03 bits per heavy atom. The molecule has 1 fully saturated rings. The van der Waals surface area contributed by atoms with Crippen LogP contribution in [0.1, 0.15) is 16.8 Å². The Morgan fingerprint density at radius 3 is 2.77 bits per heavy atom. The van der Waals surface area contributed by atoms with E-state index >= 15 is 0 Å². The monoisotopic (exact) mass is 412 g/mol. The number of hydrogen-bond donors (Lipinski definition) is 2. The summed E-state index contributed by atoms with van der Waals surface area (Å²) >= 11 is 0. The molecule has 2 aromatic carbocycles. The van der Waals surface area contributed by atoms with E-state index in [4.69, 9.17) is 4.74 Å². The summed E-state index contributed by atoms with van der Waals surface area (Å²) in [6.07, 6.45) is -0.296. The van der Waals surface area contributed by atoms with Gasteiger partial charge in [-0.25, -0.2) is 0 Å². The summed E-state index contributed by atoms with van der Waals surface area (Å²) in [5.74, 6) is -1.04. The number of nitrogens with one attached hydrogen (secondary N) is 2. The van der Waals surface area contributed by atoms with Crippen LogP contribution in [-0.4, -0.2) is 53.8 Å². The van der Waals surface area contributed by atoms with Gasteiger partial charge in [-0.15, -0.1) is 0 Å². The molecule has 1 saturated heterocycles. The Kier molecular flexibility index (Phi) is 6.26. The maximum Gasteiger partial charge on any atom is 0.271 e. The van der Waals surface area contributed by atoms with Gasteiger partial charge in [-0.05, 0) is 18.2 Å². The van der Waals surface area contributed by atoms with Crippen LogP contribution in [0.3, 0.4) is 0 Å². The minimum atomic E-state index is -1.02. The van der Waals surface area contributed by atoms with Gasteiger partial charge >= 0.3 is 0 Å². The number of nitrogens with zero attached hydrogens (tertiary/aromatic N) is 2. The van der Waals surface area contributed by atoms with Crippen molar-refractivity contribution in [1.82, 2.24) is 10.2 Å². The molecular formula is C20H20N4O6. The van der Waals surface area contributed by atoms with Crippen LogP contribution >= 0.6 is 0 Å². The Bertz CT molecular complexity index is 993. The van der Waals surface area contributed by atoms with Gasteiger partial charge in [0, 0.05) is 30.9 Å². The molecule has 1 heterocycles. The Balaban J connectivity index is 1.77. The SMILES string of the molecule is COc1ccccc1C(=O)N1CCNC(=O)[C@H]1CC(=O)Nc1cccc([N+](=O)[O-])c1. The van der Waals surface area contributed by atoms with Crippen molar-refractivity contribution < 1.29 is 24.0 Å². The number of non-ortho nitro benzene ring substituents is 1. The molecule has 0 bridgehead atoms. The maximum atomic E-state index is 13.1. The average molecular weight is 412 g/mol. The first-order valence-corrected chi connectivity index (χ1v) is 9.16. The van der Waals surface area contributed by atoms with E-state index in [-0.39, 0.29) is 30.9 Å². The fourth-order valence-electron chi connectivity index (χ4n) is 3.22. The number of para-hydroxylation sites is 1. The van der Waals surface area contributed by atoms with Gasteiger partial charge in [0.1, 0.15) is 11.8 Å².